The highest BCUT2D eigenvalue weighted by Crippen LogP contribution is 2.61. The van der Waals surface area contributed by atoms with E-state index in [4.69, 9.17) is 11.5 Å². The van der Waals surface area contributed by atoms with Gasteiger partial charge in [0.25, 0.3) is 0 Å². The third-order valence-electron chi connectivity index (χ3n) is 15.5. The van der Waals surface area contributed by atoms with Gasteiger partial charge in [0.05, 0.1) is 0 Å². The summed E-state index contributed by atoms with van der Waals surface area (Å²) in [5.74, 6) is -3.44. The number of amides is 5. The summed E-state index contributed by atoms with van der Waals surface area (Å²) in [6.45, 7) is 7.93. The molecule has 1 aliphatic heterocycles. The lowest BCUT2D eigenvalue weighted by Crippen LogP contribution is -2.70. The molecule has 7 rings (SSSR count). The molecule has 16 heteroatoms. The Labute approximate surface area is 383 Å². The Kier molecular flexibility index (Phi) is 16.1. The number of rotatable bonds is 22. The van der Waals surface area contributed by atoms with Gasteiger partial charge in [-0.1, -0.05) is 59.1 Å². The molecule has 5 amide bonds. The first kappa shape index (κ1) is 49.9. The maximum Gasteiger partial charge on any atom is 0.326 e. The lowest BCUT2D eigenvalue weighted by molar-refractivity contribution is -0.156. The molecule has 360 valence electrons. The van der Waals surface area contributed by atoms with Gasteiger partial charge >= 0.3 is 5.97 Å². The molecule has 1 aromatic carbocycles. The van der Waals surface area contributed by atoms with Gasteiger partial charge < -0.3 is 47.8 Å². The third kappa shape index (κ3) is 11.2. The molecule has 5 aliphatic carbocycles. The number of phenolic OH excluding ortho intramolecular Hbond substituents is 1. The van der Waals surface area contributed by atoms with E-state index in [2.05, 4.69) is 21.3 Å². The van der Waals surface area contributed by atoms with Crippen molar-refractivity contribution in [1.29, 1.82) is 0 Å². The van der Waals surface area contributed by atoms with E-state index in [9.17, 15) is 43.8 Å². The Hall–Kier alpha value is -4.57. The van der Waals surface area contributed by atoms with Crippen LogP contribution in [-0.4, -0.2) is 105 Å². The molecule has 16 nitrogen and oxygen atoms in total. The number of carbonyl (C=O) groups is 7. The second-order valence-electron chi connectivity index (χ2n) is 21.0. The molecule has 5 saturated carbocycles. The van der Waals surface area contributed by atoms with E-state index in [0.29, 0.717) is 87.6 Å². The minimum Gasteiger partial charge on any atom is -0.508 e. The number of carboxylic acid groups (broad SMARTS) is 1. The zero-order valence-electron chi connectivity index (χ0n) is 39.0. The zero-order chi connectivity index (χ0) is 47.3. The molecule has 6 aliphatic rings. The number of aliphatic carboxylic acids is 1. The van der Waals surface area contributed by atoms with Crippen molar-refractivity contribution in [3.63, 3.8) is 0 Å². The Bertz CT molecular complexity index is 1880. The normalized spacial score (nSPS) is 27.0. The van der Waals surface area contributed by atoms with Crippen LogP contribution in [0.1, 0.15) is 142 Å². The van der Waals surface area contributed by atoms with Crippen LogP contribution in [0.3, 0.4) is 0 Å². The van der Waals surface area contributed by atoms with Crippen LogP contribution >= 0.6 is 0 Å². The van der Waals surface area contributed by atoms with Crippen LogP contribution in [0.2, 0.25) is 0 Å². The van der Waals surface area contributed by atoms with Gasteiger partial charge in [0.1, 0.15) is 35.5 Å². The van der Waals surface area contributed by atoms with Crippen LogP contribution in [0, 0.1) is 35.0 Å². The third-order valence-corrected chi connectivity index (χ3v) is 15.5. The minimum absolute atomic E-state index is 0.00858. The predicted octanol–water partition coefficient (Wildman–Crippen LogP) is 3.60. The van der Waals surface area contributed by atoms with Crippen LogP contribution in [-0.2, 0) is 40.0 Å². The van der Waals surface area contributed by atoms with Gasteiger partial charge in [-0.15, -0.1) is 0 Å². The number of hydrogen-bond donors (Lipinski definition) is 8. The van der Waals surface area contributed by atoms with Gasteiger partial charge in [-0.25, -0.2) is 4.79 Å². The molecule has 0 aromatic heterocycles. The minimum atomic E-state index is -1.85. The first-order chi connectivity index (χ1) is 30.8. The van der Waals surface area contributed by atoms with E-state index in [-0.39, 0.29) is 43.3 Å². The van der Waals surface area contributed by atoms with Crippen molar-refractivity contribution < 1.29 is 43.8 Å². The lowest BCUT2D eigenvalue weighted by atomic mass is 9.47. The Morgan fingerprint density at radius 1 is 0.846 bits per heavy atom. The summed E-state index contributed by atoms with van der Waals surface area (Å²) in [6, 6.07) is 1.62. The van der Waals surface area contributed by atoms with Crippen molar-refractivity contribution in [3.05, 3.63) is 29.8 Å². The number of nitrogens with zero attached hydrogens (tertiary/aromatic N) is 1. The van der Waals surface area contributed by atoms with E-state index in [1.807, 2.05) is 20.8 Å². The maximum absolute atomic E-state index is 15.0. The molecule has 6 fully saturated rings. The number of carbonyl (C=O) groups excluding carboxylic acids is 6. The monoisotopic (exact) mass is 906 g/mol. The predicted molar refractivity (Wildman–Crippen MR) is 244 cm³/mol. The summed E-state index contributed by atoms with van der Waals surface area (Å²) in [6.07, 6.45) is 10.2. The molecule has 1 saturated heterocycles. The average Bonchev–Trinajstić information content (AvgIpc) is 3.95. The summed E-state index contributed by atoms with van der Waals surface area (Å²) < 4.78 is 0. The topological polar surface area (TPSA) is 263 Å². The number of nitrogens with one attached hydrogen (secondary N) is 4. The number of aromatic hydroxyl groups is 1. The second-order valence-corrected chi connectivity index (χ2v) is 21.0. The molecule has 0 spiro atoms. The molecule has 1 heterocycles. The van der Waals surface area contributed by atoms with Gasteiger partial charge in [0.15, 0.2) is 11.3 Å². The maximum atomic E-state index is 15.0. The summed E-state index contributed by atoms with van der Waals surface area (Å²) in [4.78, 5) is 101. The fraction of sp³-hybridized carbons (Fsp3) is 0.735. The molecule has 4 bridgehead atoms. The van der Waals surface area contributed by atoms with Crippen molar-refractivity contribution in [3.8, 4) is 5.75 Å². The highest BCUT2D eigenvalue weighted by molar-refractivity contribution is 6.14. The van der Waals surface area contributed by atoms with Crippen LogP contribution in [0.5, 0.6) is 5.75 Å². The highest BCUT2D eigenvalue weighted by Gasteiger charge is 2.61. The average molecular weight is 906 g/mol. The van der Waals surface area contributed by atoms with Gasteiger partial charge in [-0.3, -0.25) is 28.8 Å². The van der Waals surface area contributed by atoms with E-state index in [1.54, 1.807) is 19.1 Å². The standard InChI is InChI=1S/C49H75N7O9/c1-5-30(4)39(42(60)53-37(43(61)62)21-29(2)3)54-40(58)36(25-31-12-14-35(57)15-13-31)52-41(59)38-11-10-20-56(38)46(65)48(16-6-7-17-48)55-45(64)49(51,18-8-9-19-50)44(63)47-26-32-22-33(27-47)24-34(23-32)28-47/h12-15,29-30,32-34,36-39,57H,5-11,16-28,50-51H2,1-4H3,(H,52,59)(H,53,60)(H,54,58)(H,55,64)(H,61,62)/t30-,32?,33?,34?,36-,37-,38-,39-,47?,49+/m0/s1. The zero-order valence-corrected chi connectivity index (χ0v) is 39.0. The van der Waals surface area contributed by atoms with Crippen LogP contribution in [0.15, 0.2) is 24.3 Å². The number of ketones is 1. The molecule has 1 aromatic rings. The molecular weight excluding hydrogens is 831 g/mol. The van der Waals surface area contributed by atoms with Crippen molar-refractivity contribution in [2.45, 2.75) is 179 Å². The Balaban J connectivity index is 1.22. The number of phenols is 1. The fourth-order valence-corrected chi connectivity index (χ4v) is 12.3. The quantitative estimate of drug-likeness (QED) is 0.0616. The van der Waals surface area contributed by atoms with Crippen molar-refractivity contribution in [2.75, 3.05) is 13.1 Å². The highest BCUT2D eigenvalue weighted by atomic mass is 16.4. The van der Waals surface area contributed by atoms with Crippen molar-refractivity contribution in [2.24, 2.45) is 46.5 Å². The summed E-state index contributed by atoms with van der Waals surface area (Å²) >= 11 is 0. The van der Waals surface area contributed by atoms with E-state index < -0.39 is 82.1 Å². The molecule has 0 radical (unpaired) electrons. The number of hydrogen-bond acceptors (Lipinski definition) is 10. The Morgan fingerprint density at radius 2 is 1.46 bits per heavy atom. The Morgan fingerprint density at radius 3 is 2.02 bits per heavy atom. The molecular formula is C49H75N7O9. The number of Topliss-reactive ketones (excluding diaryl/α,β-unsaturated/α-hetero) is 1. The van der Waals surface area contributed by atoms with E-state index >= 15 is 0 Å². The number of likely N-dealkylation sites (tertiary alicyclic amines) is 1. The molecule has 6 atom stereocenters. The SMILES string of the molecule is CC[C@H](C)[C@H](NC(=O)[C@H](Cc1ccc(O)cc1)NC(=O)[C@@H]1CCCN1C(=O)C1(NC(=O)[C@@](N)(CCCCN)C(=O)C23CC4CC(CC(C4)C2)C3)CCCC1)C(=O)N[C@@H](CC(C)C)C(=O)O. The first-order valence-corrected chi connectivity index (χ1v) is 24.4. The smallest absolute Gasteiger partial charge is 0.326 e. The van der Waals surface area contributed by atoms with Gasteiger partial charge in [-0.05, 0) is 144 Å². The number of nitrogens with two attached hydrogens (primary N) is 2. The summed E-state index contributed by atoms with van der Waals surface area (Å²) in [7, 11) is 0. The second kappa shape index (κ2) is 20.9. The number of carboxylic acids is 1. The molecule has 65 heavy (non-hydrogen) atoms. The van der Waals surface area contributed by atoms with Gasteiger partial charge in [-0.2, -0.15) is 0 Å². The fourth-order valence-electron chi connectivity index (χ4n) is 12.3. The summed E-state index contributed by atoms with van der Waals surface area (Å²) in [5, 5.41) is 31.2. The van der Waals surface area contributed by atoms with Crippen LogP contribution < -0.4 is 32.7 Å². The largest absolute Gasteiger partial charge is 0.508 e. The van der Waals surface area contributed by atoms with Crippen molar-refractivity contribution >= 4 is 41.3 Å². The van der Waals surface area contributed by atoms with Gasteiger partial charge in [0, 0.05) is 18.4 Å². The van der Waals surface area contributed by atoms with Crippen molar-refractivity contribution in [1.82, 2.24) is 26.2 Å². The first-order valence-electron chi connectivity index (χ1n) is 24.4. The number of unbranched alkanes of at least 4 members (excludes halogenated alkanes) is 1. The lowest BCUT2D eigenvalue weighted by Gasteiger charge is -2.57. The number of benzene rings is 1. The molecule has 10 N–H and O–H groups in total. The van der Waals surface area contributed by atoms with Crippen LogP contribution in [0.4, 0.5) is 0 Å². The van der Waals surface area contributed by atoms with Crippen LogP contribution in [0.25, 0.3) is 0 Å². The summed E-state index contributed by atoms with van der Waals surface area (Å²) in [5.41, 5.74) is 9.69. The van der Waals surface area contributed by atoms with E-state index in [0.717, 1.165) is 38.5 Å². The van der Waals surface area contributed by atoms with E-state index in [1.165, 1.54) is 17.0 Å². The molecule has 0 unspecified atom stereocenters. The van der Waals surface area contributed by atoms with Gasteiger partial charge in [0.2, 0.25) is 29.5 Å².